The summed E-state index contributed by atoms with van der Waals surface area (Å²) in [5, 5.41) is 3.83. The zero-order valence-corrected chi connectivity index (χ0v) is 11.8. The van der Waals surface area contributed by atoms with Crippen molar-refractivity contribution < 1.29 is 4.39 Å². The third-order valence-corrected chi connectivity index (χ3v) is 2.97. The molecular formula is C14H17ClFN3. The Labute approximate surface area is 117 Å². The Morgan fingerprint density at radius 3 is 2.95 bits per heavy atom. The van der Waals surface area contributed by atoms with E-state index in [1.807, 2.05) is 10.8 Å². The molecule has 19 heavy (non-hydrogen) atoms. The second-order valence-corrected chi connectivity index (χ2v) is 5.25. The van der Waals surface area contributed by atoms with Gasteiger partial charge in [-0.3, -0.25) is 0 Å². The number of hydrogen-bond acceptors (Lipinski definition) is 2. The highest BCUT2D eigenvalue weighted by atomic mass is 35.5. The smallest absolute Gasteiger partial charge is 0.128 e. The predicted octanol–water partition coefficient (Wildman–Crippen LogP) is 3.22. The number of halogens is 2. The molecule has 1 heterocycles. The standard InChI is InChI=1S/C14H17ClFN3/c1-10(2)17-6-13-8-19(9-18-13)7-11-5-12(15)3-4-14(11)16/h3-5,8-10,17H,6-7H2,1-2H3. The van der Waals surface area contributed by atoms with Crippen molar-refractivity contribution in [2.75, 3.05) is 0 Å². The third kappa shape index (κ3) is 4.04. The number of nitrogens with zero attached hydrogens (tertiary/aromatic N) is 2. The molecule has 1 aromatic heterocycles. The van der Waals surface area contributed by atoms with Crippen LogP contribution in [0, 0.1) is 5.82 Å². The number of nitrogens with one attached hydrogen (secondary N) is 1. The lowest BCUT2D eigenvalue weighted by Gasteiger charge is -2.06. The van der Waals surface area contributed by atoms with Crippen LogP contribution in [0.2, 0.25) is 5.02 Å². The molecule has 3 nitrogen and oxygen atoms in total. The number of imidazole rings is 1. The van der Waals surface area contributed by atoms with E-state index in [0.29, 0.717) is 29.7 Å². The summed E-state index contributed by atoms with van der Waals surface area (Å²) < 4.78 is 15.5. The van der Waals surface area contributed by atoms with Gasteiger partial charge in [0.15, 0.2) is 0 Å². The number of rotatable bonds is 5. The summed E-state index contributed by atoms with van der Waals surface area (Å²) in [5.41, 5.74) is 1.50. The third-order valence-electron chi connectivity index (χ3n) is 2.74. The molecule has 0 spiro atoms. The van der Waals surface area contributed by atoms with Crippen molar-refractivity contribution in [2.24, 2.45) is 0 Å². The lowest BCUT2D eigenvalue weighted by molar-refractivity contribution is 0.581. The maximum atomic E-state index is 13.6. The van der Waals surface area contributed by atoms with E-state index in [9.17, 15) is 4.39 Å². The highest BCUT2D eigenvalue weighted by Crippen LogP contribution is 2.16. The first-order chi connectivity index (χ1) is 9.04. The van der Waals surface area contributed by atoms with Crippen LogP contribution < -0.4 is 5.32 Å². The molecule has 0 unspecified atom stereocenters. The minimum atomic E-state index is -0.250. The Hall–Kier alpha value is -1.39. The second kappa shape index (κ2) is 6.17. The summed E-state index contributed by atoms with van der Waals surface area (Å²) in [4.78, 5) is 4.28. The fourth-order valence-electron chi connectivity index (χ4n) is 1.75. The molecule has 0 atom stereocenters. The molecule has 0 saturated carbocycles. The average Bonchev–Trinajstić information content (AvgIpc) is 2.79. The highest BCUT2D eigenvalue weighted by molar-refractivity contribution is 6.30. The van der Waals surface area contributed by atoms with Gasteiger partial charge in [-0.2, -0.15) is 0 Å². The molecule has 2 aromatic rings. The Bertz CT molecular complexity index is 551. The Kier molecular flexibility index (Phi) is 4.56. The van der Waals surface area contributed by atoms with Crippen molar-refractivity contribution in [1.29, 1.82) is 0 Å². The van der Waals surface area contributed by atoms with Crippen LogP contribution >= 0.6 is 11.6 Å². The Balaban J connectivity index is 2.05. The van der Waals surface area contributed by atoms with E-state index < -0.39 is 0 Å². The lowest BCUT2D eigenvalue weighted by Crippen LogP contribution is -2.21. The number of benzene rings is 1. The largest absolute Gasteiger partial charge is 0.333 e. The second-order valence-electron chi connectivity index (χ2n) is 4.81. The normalized spacial score (nSPS) is 11.2. The van der Waals surface area contributed by atoms with Crippen LogP contribution in [0.1, 0.15) is 25.1 Å². The molecule has 102 valence electrons. The van der Waals surface area contributed by atoms with Crippen LogP contribution in [-0.4, -0.2) is 15.6 Å². The molecule has 5 heteroatoms. The van der Waals surface area contributed by atoms with Gasteiger partial charge in [0.1, 0.15) is 5.82 Å². The fraction of sp³-hybridized carbons (Fsp3) is 0.357. The van der Waals surface area contributed by atoms with Gasteiger partial charge in [-0.15, -0.1) is 0 Å². The van der Waals surface area contributed by atoms with Gasteiger partial charge in [-0.1, -0.05) is 25.4 Å². The van der Waals surface area contributed by atoms with Crippen molar-refractivity contribution in [3.63, 3.8) is 0 Å². The van der Waals surface area contributed by atoms with Gasteiger partial charge >= 0.3 is 0 Å². The van der Waals surface area contributed by atoms with E-state index in [4.69, 9.17) is 11.6 Å². The highest BCUT2D eigenvalue weighted by Gasteiger charge is 2.05. The van der Waals surface area contributed by atoms with E-state index in [0.717, 1.165) is 5.69 Å². The zero-order valence-electron chi connectivity index (χ0n) is 11.0. The van der Waals surface area contributed by atoms with Crippen LogP contribution in [0.3, 0.4) is 0 Å². The van der Waals surface area contributed by atoms with Gasteiger partial charge in [-0.25, -0.2) is 9.37 Å². The van der Waals surface area contributed by atoms with Crippen LogP contribution in [0.5, 0.6) is 0 Å². The van der Waals surface area contributed by atoms with E-state index in [1.165, 1.54) is 6.07 Å². The molecule has 0 radical (unpaired) electrons. The summed E-state index contributed by atoms with van der Waals surface area (Å²) in [5.74, 6) is -0.250. The summed E-state index contributed by atoms with van der Waals surface area (Å²) in [6.45, 7) is 5.31. The van der Waals surface area contributed by atoms with Crippen molar-refractivity contribution in [1.82, 2.24) is 14.9 Å². The average molecular weight is 282 g/mol. The van der Waals surface area contributed by atoms with Gasteiger partial charge in [0.25, 0.3) is 0 Å². The first-order valence-corrected chi connectivity index (χ1v) is 6.60. The van der Waals surface area contributed by atoms with Crippen LogP contribution in [0.4, 0.5) is 4.39 Å². The number of aromatic nitrogens is 2. The first kappa shape index (κ1) is 14.0. The molecular weight excluding hydrogens is 265 g/mol. The Morgan fingerprint density at radius 1 is 1.42 bits per heavy atom. The van der Waals surface area contributed by atoms with E-state index in [-0.39, 0.29) is 5.82 Å². The van der Waals surface area contributed by atoms with Crippen LogP contribution in [0.25, 0.3) is 0 Å². The van der Waals surface area contributed by atoms with Crippen molar-refractivity contribution in [3.05, 3.63) is 52.8 Å². The molecule has 1 N–H and O–H groups in total. The van der Waals surface area contributed by atoms with Crippen molar-refractivity contribution in [3.8, 4) is 0 Å². The van der Waals surface area contributed by atoms with E-state index >= 15 is 0 Å². The molecule has 0 aliphatic carbocycles. The van der Waals surface area contributed by atoms with Gasteiger partial charge in [0, 0.05) is 29.4 Å². The minimum absolute atomic E-state index is 0.250. The van der Waals surface area contributed by atoms with Gasteiger partial charge in [-0.05, 0) is 18.2 Å². The molecule has 0 fully saturated rings. The molecule has 0 bridgehead atoms. The summed E-state index contributed by atoms with van der Waals surface area (Å²) in [6, 6.07) is 4.99. The first-order valence-electron chi connectivity index (χ1n) is 6.22. The SMILES string of the molecule is CC(C)NCc1cn(Cc2cc(Cl)ccc2F)cn1. The predicted molar refractivity (Wildman–Crippen MR) is 74.7 cm³/mol. The molecule has 0 aliphatic rings. The summed E-state index contributed by atoms with van der Waals surface area (Å²) >= 11 is 5.87. The lowest BCUT2D eigenvalue weighted by atomic mass is 10.2. The molecule has 0 saturated heterocycles. The van der Waals surface area contributed by atoms with Gasteiger partial charge in [0.05, 0.1) is 18.6 Å². The molecule has 0 amide bonds. The van der Waals surface area contributed by atoms with Crippen molar-refractivity contribution >= 4 is 11.6 Å². The summed E-state index contributed by atoms with van der Waals surface area (Å²) in [7, 11) is 0. The Morgan fingerprint density at radius 2 is 2.21 bits per heavy atom. The zero-order chi connectivity index (χ0) is 13.8. The van der Waals surface area contributed by atoms with E-state index in [2.05, 4.69) is 24.1 Å². The van der Waals surface area contributed by atoms with Crippen LogP contribution in [0.15, 0.2) is 30.7 Å². The van der Waals surface area contributed by atoms with Crippen LogP contribution in [-0.2, 0) is 13.1 Å². The van der Waals surface area contributed by atoms with Gasteiger partial charge in [0.2, 0.25) is 0 Å². The quantitative estimate of drug-likeness (QED) is 0.912. The minimum Gasteiger partial charge on any atom is -0.333 e. The van der Waals surface area contributed by atoms with Gasteiger partial charge < -0.3 is 9.88 Å². The summed E-state index contributed by atoms with van der Waals surface area (Å²) in [6.07, 6.45) is 3.62. The fourth-order valence-corrected chi connectivity index (χ4v) is 1.95. The maximum absolute atomic E-state index is 13.6. The van der Waals surface area contributed by atoms with Crippen molar-refractivity contribution in [2.45, 2.75) is 33.0 Å². The molecule has 2 rings (SSSR count). The number of hydrogen-bond donors (Lipinski definition) is 1. The maximum Gasteiger partial charge on any atom is 0.128 e. The molecule has 0 aliphatic heterocycles. The molecule has 1 aromatic carbocycles. The van der Waals surface area contributed by atoms with E-state index in [1.54, 1.807) is 18.5 Å². The monoisotopic (exact) mass is 281 g/mol. The topological polar surface area (TPSA) is 29.9 Å².